The maximum atomic E-state index is 6.14. The zero-order valence-corrected chi connectivity index (χ0v) is 13.5. The number of halogens is 1. The van der Waals surface area contributed by atoms with E-state index in [1.54, 1.807) is 11.8 Å². The Hall–Kier alpha value is -1.71. The second kappa shape index (κ2) is 5.82. The number of alkyl halides is 1. The van der Waals surface area contributed by atoms with Gasteiger partial charge in [0.25, 0.3) is 0 Å². The van der Waals surface area contributed by atoms with Crippen molar-refractivity contribution in [2.24, 2.45) is 4.99 Å². The molecule has 0 amide bonds. The van der Waals surface area contributed by atoms with Crippen molar-refractivity contribution in [1.82, 2.24) is 4.90 Å². The first kappa shape index (κ1) is 13.9. The fourth-order valence-electron chi connectivity index (χ4n) is 3.06. The lowest BCUT2D eigenvalue weighted by molar-refractivity contribution is 0.378. The highest BCUT2D eigenvalue weighted by Gasteiger charge is 2.41. The van der Waals surface area contributed by atoms with Crippen molar-refractivity contribution in [2.75, 3.05) is 5.88 Å². The molecule has 2 aromatic carbocycles. The monoisotopic (exact) mass is 326 g/mol. The third kappa shape index (κ3) is 2.25. The molecule has 0 saturated heterocycles. The smallest absolute Gasteiger partial charge is 0.169 e. The third-order valence-electron chi connectivity index (χ3n) is 4.06. The highest BCUT2D eigenvalue weighted by atomic mass is 35.5. The van der Waals surface area contributed by atoms with E-state index in [9.17, 15) is 0 Å². The van der Waals surface area contributed by atoms with Gasteiger partial charge in [-0.3, -0.25) is 4.99 Å². The third-order valence-corrected chi connectivity index (χ3v) is 5.24. The first-order valence-electron chi connectivity index (χ1n) is 7.27. The molecule has 0 unspecified atom stereocenters. The molecule has 2 aromatic rings. The molecular formula is C18H15ClN2S. The van der Waals surface area contributed by atoms with E-state index in [4.69, 9.17) is 16.6 Å². The first-order chi connectivity index (χ1) is 10.9. The molecule has 0 aromatic heterocycles. The minimum atomic E-state index is 0.109. The van der Waals surface area contributed by atoms with Crippen LogP contribution in [-0.4, -0.2) is 15.9 Å². The van der Waals surface area contributed by atoms with E-state index in [1.165, 1.54) is 11.1 Å². The van der Waals surface area contributed by atoms with Crippen LogP contribution in [0.1, 0.15) is 23.2 Å². The minimum absolute atomic E-state index is 0.109. The largest absolute Gasteiger partial charge is 0.313 e. The Morgan fingerprint density at radius 3 is 2.23 bits per heavy atom. The molecule has 2 nitrogen and oxygen atoms in total. The minimum Gasteiger partial charge on any atom is -0.313 e. The number of hydrogen-bond acceptors (Lipinski definition) is 3. The van der Waals surface area contributed by atoms with E-state index in [2.05, 4.69) is 64.9 Å². The Bertz CT molecular complexity index is 727. The summed E-state index contributed by atoms with van der Waals surface area (Å²) >= 11 is 7.81. The summed E-state index contributed by atoms with van der Waals surface area (Å²) in [4.78, 5) is 7.27. The molecule has 0 radical (unpaired) electrons. The van der Waals surface area contributed by atoms with Gasteiger partial charge in [-0.1, -0.05) is 72.4 Å². The Labute approximate surface area is 139 Å². The zero-order valence-electron chi connectivity index (χ0n) is 11.9. The SMILES string of the molecule is ClCC1=CSC2=N[C@@H](c3ccccc3)[C@H](c3ccccc3)N12. The van der Waals surface area contributed by atoms with Crippen molar-refractivity contribution in [3.63, 3.8) is 0 Å². The normalized spacial score (nSPS) is 23.2. The van der Waals surface area contributed by atoms with Crippen LogP contribution in [0.3, 0.4) is 0 Å². The van der Waals surface area contributed by atoms with Crippen LogP contribution in [0, 0.1) is 0 Å². The van der Waals surface area contributed by atoms with Gasteiger partial charge in [0.15, 0.2) is 5.17 Å². The van der Waals surface area contributed by atoms with E-state index in [0.717, 1.165) is 10.9 Å². The van der Waals surface area contributed by atoms with Gasteiger partial charge < -0.3 is 4.90 Å². The predicted molar refractivity (Wildman–Crippen MR) is 94.0 cm³/mol. The van der Waals surface area contributed by atoms with E-state index in [1.807, 2.05) is 6.07 Å². The van der Waals surface area contributed by atoms with Crippen molar-refractivity contribution in [3.05, 3.63) is 82.9 Å². The molecule has 2 heterocycles. The van der Waals surface area contributed by atoms with Crippen LogP contribution >= 0.6 is 23.4 Å². The van der Waals surface area contributed by atoms with Gasteiger partial charge in [0.2, 0.25) is 0 Å². The summed E-state index contributed by atoms with van der Waals surface area (Å²) in [5.41, 5.74) is 3.65. The Morgan fingerprint density at radius 2 is 1.59 bits per heavy atom. The number of hydrogen-bond donors (Lipinski definition) is 0. The summed E-state index contributed by atoms with van der Waals surface area (Å²) in [6.07, 6.45) is 0. The molecule has 0 bridgehead atoms. The maximum absolute atomic E-state index is 6.14. The van der Waals surface area contributed by atoms with Crippen LogP contribution in [0.2, 0.25) is 0 Å². The Kier molecular flexibility index (Phi) is 3.68. The van der Waals surface area contributed by atoms with Crippen LogP contribution < -0.4 is 0 Å². The summed E-state index contributed by atoms with van der Waals surface area (Å²) in [6.45, 7) is 0. The predicted octanol–water partition coefficient (Wildman–Crippen LogP) is 4.97. The number of fused-ring (bicyclic) bond motifs is 1. The van der Waals surface area contributed by atoms with Crippen molar-refractivity contribution < 1.29 is 0 Å². The summed E-state index contributed by atoms with van der Waals surface area (Å²) in [5.74, 6) is 0.511. The first-order valence-corrected chi connectivity index (χ1v) is 8.68. The van der Waals surface area contributed by atoms with Gasteiger partial charge in [0, 0.05) is 5.70 Å². The van der Waals surface area contributed by atoms with Gasteiger partial charge in [-0.25, -0.2) is 0 Å². The quantitative estimate of drug-likeness (QED) is 0.740. The highest BCUT2D eigenvalue weighted by molar-refractivity contribution is 8.16. The van der Waals surface area contributed by atoms with Crippen LogP contribution in [0.15, 0.2) is 76.8 Å². The van der Waals surface area contributed by atoms with Crippen LogP contribution in [0.5, 0.6) is 0 Å². The Morgan fingerprint density at radius 1 is 0.955 bits per heavy atom. The molecule has 2 aliphatic heterocycles. The number of nitrogens with zero attached hydrogens (tertiary/aromatic N) is 2. The second-order valence-corrected chi connectivity index (χ2v) is 6.46. The van der Waals surface area contributed by atoms with Gasteiger partial charge >= 0.3 is 0 Å². The molecule has 0 spiro atoms. The fourth-order valence-corrected chi connectivity index (χ4v) is 4.32. The molecule has 0 aliphatic carbocycles. The van der Waals surface area contributed by atoms with Gasteiger partial charge in [-0.2, -0.15) is 0 Å². The lowest BCUT2D eigenvalue weighted by Crippen LogP contribution is -2.27. The number of thioether (sulfide) groups is 1. The zero-order chi connectivity index (χ0) is 14.9. The summed E-state index contributed by atoms with van der Waals surface area (Å²) in [5, 5.41) is 3.17. The van der Waals surface area contributed by atoms with Crippen LogP contribution in [0.25, 0.3) is 0 Å². The summed E-state index contributed by atoms with van der Waals surface area (Å²) < 4.78 is 0. The summed E-state index contributed by atoms with van der Waals surface area (Å²) in [6, 6.07) is 21.4. The average Bonchev–Trinajstić information content (AvgIpc) is 3.15. The molecule has 0 saturated carbocycles. The van der Waals surface area contributed by atoms with E-state index in [-0.39, 0.29) is 12.1 Å². The molecule has 2 atom stereocenters. The van der Waals surface area contributed by atoms with Crippen molar-refractivity contribution in [2.45, 2.75) is 12.1 Å². The summed E-state index contributed by atoms with van der Waals surface area (Å²) in [7, 11) is 0. The molecule has 22 heavy (non-hydrogen) atoms. The number of aliphatic imine (C=N–C) groups is 1. The number of rotatable bonds is 3. The van der Waals surface area contributed by atoms with Crippen molar-refractivity contribution >= 4 is 28.5 Å². The van der Waals surface area contributed by atoms with Gasteiger partial charge in [0.1, 0.15) is 6.04 Å². The fraction of sp³-hybridized carbons (Fsp3) is 0.167. The molecule has 2 aliphatic rings. The van der Waals surface area contributed by atoms with Crippen LogP contribution in [-0.2, 0) is 0 Å². The standard InChI is InChI=1S/C18H15ClN2S/c19-11-15-12-22-18-20-16(13-7-3-1-4-8-13)17(21(15)18)14-9-5-2-6-10-14/h1-10,12,16-17H,11H2/t16-,17-/m0/s1. The lowest BCUT2D eigenvalue weighted by Gasteiger charge is -2.29. The molecule has 4 heteroatoms. The van der Waals surface area contributed by atoms with Gasteiger partial charge in [-0.15, -0.1) is 11.6 Å². The number of amidine groups is 1. The molecule has 4 rings (SSSR count). The molecule has 0 fully saturated rings. The Balaban J connectivity index is 1.80. The van der Waals surface area contributed by atoms with E-state index < -0.39 is 0 Å². The average molecular weight is 327 g/mol. The topological polar surface area (TPSA) is 15.6 Å². The van der Waals surface area contributed by atoms with Gasteiger partial charge in [0.05, 0.1) is 11.9 Å². The molecular weight excluding hydrogens is 312 g/mol. The van der Waals surface area contributed by atoms with E-state index in [0.29, 0.717) is 5.88 Å². The number of benzene rings is 2. The number of allylic oxidation sites excluding steroid dienone is 1. The maximum Gasteiger partial charge on any atom is 0.169 e. The van der Waals surface area contributed by atoms with E-state index >= 15 is 0 Å². The second-order valence-electron chi connectivity index (χ2n) is 5.35. The lowest BCUT2D eigenvalue weighted by atomic mass is 9.93. The van der Waals surface area contributed by atoms with Crippen LogP contribution in [0.4, 0.5) is 0 Å². The molecule has 0 N–H and O–H groups in total. The molecule has 110 valence electrons. The van der Waals surface area contributed by atoms with Gasteiger partial charge in [-0.05, 0) is 16.5 Å². The van der Waals surface area contributed by atoms with Crippen molar-refractivity contribution in [3.8, 4) is 0 Å². The van der Waals surface area contributed by atoms with Crippen molar-refractivity contribution in [1.29, 1.82) is 0 Å². The highest BCUT2D eigenvalue weighted by Crippen LogP contribution is 2.49.